The van der Waals surface area contributed by atoms with Crippen LogP contribution >= 0.6 is 11.6 Å². The van der Waals surface area contributed by atoms with Gasteiger partial charge < -0.3 is 3.67 Å². The van der Waals surface area contributed by atoms with Gasteiger partial charge in [0.05, 0.1) is 11.2 Å². The zero-order valence-electron chi connectivity index (χ0n) is 5.76. The monoisotopic (exact) mass is 172 g/mol. The molecule has 1 aromatic rings. The predicted octanol–water partition coefficient (Wildman–Crippen LogP) is -0.399. The average molecular weight is 173 g/mol. The van der Waals surface area contributed by atoms with Crippen LogP contribution in [-0.4, -0.2) is 25.3 Å². The Morgan fingerprint density at radius 1 is 1.80 bits per heavy atom. The van der Waals surface area contributed by atoms with Crippen molar-refractivity contribution in [2.75, 3.05) is 0 Å². The van der Waals surface area contributed by atoms with Gasteiger partial charge in [-0.3, -0.25) is 4.79 Å². The first-order valence-electron chi connectivity index (χ1n) is 2.81. The number of hydrogen-bond acceptors (Lipinski definition) is 2. The summed E-state index contributed by atoms with van der Waals surface area (Å²) in [5.41, 5.74) is 0.492. The van der Waals surface area contributed by atoms with Crippen LogP contribution in [0.5, 0.6) is 0 Å². The van der Waals surface area contributed by atoms with E-state index in [9.17, 15) is 4.79 Å². The van der Waals surface area contributed by atoms with Gasteiger partial charge in [-0.05, 0) is 6.92 Å². The van der Waals surface area contributed by atoms with Crippen molar-refractivity contribution in [2.45, 2.75) is 6.92 Å². The summed E-state index contributed by atoms with van der Waals surface area (Å²) in [6, 6.07) is 0. The summed E-state index contributed by atoms with van der Waals surface area (Å²) in [5.74, 6) is 0. The van der Waals surface area contributed by atoms with Crippen LogP contribution in [0.2, 0.25) is 5.02 Å². The van der Waals surface area contributed by atoms with E-state index < -0.39 is 0 Å². The molecule has 0 bridgehead atoms. The summed E-state index contributed by atoms with van der Waals surface area (Å²) in [7, 11) is 0. The molecule has 1 rings (SSSR count). The first-order valence-corrected chi connectivity index (χ1v) is 4.08. The standard InChI is InChI=1S/C5H5ClN2O.Al.2H/c1-3-4(6)2-7-8-5(3)9;;;/h2H,1H3,(H,8,9);;;/q;+1;;/p-1. The number of nitrogens with zero attached hydrogens (tertiary/aromatic N) is 2. The quantitative estimate of drug-likeness (QED) is 0.500. The third-order valence-electron chi connectivity index (χ3n) is 1.32. The zero-order chi connectivity index (χ0) is 7.72. The van der Waals surface area contributed by atoms with Gasteiger partial charge in [0.1, 0.15) is 0 Å². The lowest BCUT2D eigenvalue weighted by atomic mass is 10.3. The van der Waals surface area contributed by atoms with E-state index in [2.05, 4.69) is 5.10 Å². The van der Waals surface area contributed by atoms with Crippen LogP contribution in [0.4, 0.5) is 0 Å². The molecule has 0 amide bonds. The normalized spacial score (nSPS) is 9.80. The van der Waals surface area contributed by atoms with Gasteiger partial charge >= 0.3 is 16.5 Å². The summed E-state index contributed by atoms with van der Waals surface area (Å²) in [6.45, 7) is 1.70. The minimum atomic E-state index is -0.0841. The first kappa shape index (κ1) is 7.81. The van der Waals surface area contributed by atoms with E-state index in [1.807, 2.05) is 0 Å². The fourth-order valence-electron chi connectivity index (χ4n) is 0.631. The van der Waals surface area contributed by atoms with Gasteiger partial charge in [0.2, 0.25) is 5.56 Å². The smallest absolute Gasteiger partial charge is 0.337 e. The molecule has 0 atom stereocenters. The summed E-state index contributed by atoms with van der Waals surface area (Å²) < 4.78 is 1.39. The Labute approximate surface area is 71.3 Å². The molecule has 0 saturated carbocycles. The summed E-state index contributed by atoms with van der Waals surface area (Å²) in [4.78, 5) is 11.0. The Morgan fingerprint density at radius 3 is 2.90 bits per heavy atom. The minimum Gasteiger partial charge on any atom is -0.337 e. The average Bonchev–Trinajstić information content (AvgIpc) is 1.93. The van der Waals surface area contributed by atoms with E-state index in [-0.39, 0.29) is 5.56 Å². The Balaban J connectivity index is 3.50. The summed E-state index contributed by atoms with van der Waals surface area (Å²) in [6.07, 6.45) is 1.49. The third kappa shape index (κ3) is 1.24. The van der Waals surface area contributed by atoms with E-state index in [1.54, 1.807) is 6.92 Å². The molecular formula is C5H6AlClN2O. The highest BCUT2D eigenvalue weighted by atomic mass is 35.5. The van der Waals surface area contributed by atoms with Crippen molar-refractivity contribution >= 4 is 28.1 Å². The molecule has 0 spiro atoms. The lowest BCUT2D eigenvalue weighted by Crippen LogP contribution is -2.22. The van der Waals surface area contributed by atoms with Crippen molar-refractivity contribution in [3.05, 3.63) is 27.1 Å². The van der Waals surface area contributed by atoms with E-state index in [0.29, 0.717) is 27.1 Å². The van der Waals surface area contributed by atoms with Crippen LogP contribution in [0.15, 0.2) is 11.0 Å². The van der Waals surface area contributed by atoms with Crippen molar-refractivity contribution in [2.24, 2.45) is 0 Å². The molecule has 3 nitrogen and oxygen atoms in total. The van der Waals surface area contributed by atoms with E-state index in [0.717, 1.165) is 0 Å². The van der Waals surface area contributed by atoms with Crippen molar-refractivity contribution in [3.63, 3.8) is 0 Å². The van der Waals surface area contributed by atoms with Crippen molar-refractivity contribution in [1.82, 2.24) is 8.76 Å². The molecular weight excluding hydrogens is 167 g/mol. The van der Waals surface area contributed by atoms with Crippen LogP contribution in [0.25, 0.3) is 0 Å². The molecule has 0 aromatic carbocycles. The third-order valence-corrected chi connectivity index (χ3v) is 2.34. The lowest BCUT2D eigenvalue weighted by molar-refractivity contribution is 0.886. The lowest BCUT2D eigenvalue weighted by Gasteiger charge is -1.98. The Morgan fingerprint density at radius 2 is 2.40 bits per heavy atom. The van der Waals surface area contributed by atoms with Crippen LogP contribution in [-0.2, 0) is 0 Å². The molecule has 10 heavy (non-hydrogen) atoms. The predicted molar refractivity (Wildman–Crippen MR) is 42.2 cm³/mol. The van der Waals surface area contributed by atoms with Crippen molar-refractivity contribution < 1.29 is 0 Å². The van der Waals surface area contributed by atoms with Gasteiger partial charge in [0, 0.05) is 5.56 Å². The highest BCUT2D eigenvalue weighted by Gasteiger charge is 1.99. The number of rotatable bonds is 0. The highest BCUT2D eigenvalue weighted by Crippen LogP contribution is 2.06. The van der Waals surface area contributed by atoms with Gasteiger partial charge in [-0.25, -0.2) is 5.10 Å². The second kappa shape index (κ2) is 2.75. The molecule has 0 unspecified atom stereocenters. The van der Waals surface area contributed by atoms with Gasteiger partial charge in [0.15, 0.2) is 0 Å². The largest absolute Gasteiger partial charge is 0.404 e. The molecule has 1 heterocycles. The molecule has 0 aliphatic heterocycles. The van der Waals surface area contributed by atoms with Crippen LogP contribution < -0.4 is 5.56 Å². The SMILES string of the molecule is Cc1c(Cl)cn[n]([AlH2])c1=O. The fraction of sp³-hybridized carbons (Fsp3) is 0.200. The van der Waals surface area contributed by atoms with Crippen LogP contribution in [0.3, 0.4) is 0 Å². The summed E-state index contributed by atoms with van der Waals surface area (Å²) >= 11 is 6.23. The molecule has 0 aliphatic rings. The Bertz CT molecular complexity index is 309. The van der Waals surface area contributed by atoms with E-state index >= 15 is 0 Å². The topological polar surface area (TPSA) is 34.9 Å². The molecule has 0 N–H and O–H groups in total. The van der Waals surface area contributed by atoms with Crippen molar-refractivity contribution in [3.8, 4) is 0 Å². The van der Waals surface area contributed by atoms with Crippen LogP contribution in [0, 0.1) is 6.92 Å². The molecule has 1 aromatic heterocycles. The molecule has 0 radical (unpaired) electrons. The minimum absolute atomic E-state index is 0.0841. The first-order chi connectivity index (χ1) is 4.63. The fourth-order valence-corrected chi connectivity index (χ4v) is 1.21. The van der Waals surface area contributed by atoms with Gasteiger partial charge in [-0.15, -0.1) is 0 Å². The summed E-state index contributed by atoms with van der Waals surface area (Å²) in [5, 5.41) is 4.21. The molecule has 52 valence electrons. The van der Waals surface area contributed by atoms with E-state index in [1.165, 1.54) is 9.86 Å². The van der Waals surface area contributed by atoms with Gasteiger partial charge in [0.25, 0.3) is 0 Å². The molecule has 0 aliphatic carbocycles. The van der Waals surface area contributed by atoms with Gasteiger partial charge in [-0.1, -0.05) is 11.6 Å². The second-order valence-corrected chi connectivity index (χ2v) is 3.30. The second-order valence-electron chi connectivity index (χ2n) is 2.05. The Kier molecular flexibility index (Phi) is 2.15. The highest BCUT2D eigenvalue weighted by molar-refractivity contribution is 6.31. The van der Waals surface area contributed by atoms with Gasteiger partial charge in [-0.2, -0.15) is 0 Å². The van der Waals surface area contributed by atoms with Crippen LogP contribution in [0.1, 0.15) is 5.56 Å². The maximum atomic E-state index is 11.0. The number of halogens is 1. The van der Waals surface area contributed by atoms with E-state index in [4.69, 9.17) is 11.6 Å². The molecule has 0 saturated heterocycles. The number of hydrogen-bond donors (Lipinski definition) is 0. The molecule has 0 fully saturated rings. The Hall–Kier alpha value is -0.298. The van der Waals surface area contributed by atoms with Crippen molar-refractivity contribution in [1.29, 1.82) is 0 Å². The molecule has 5 heteroatoms. The maximum Gasteiger partial charge on any atom is 0.404 e. The maximum absolute atomic E-state index is 11.0. The number of aromatic nitrogens is 2. The zero-order valence-corrected chi connectivity index (χ0v) is 8.51.